The molecule has 1 aromatic rings. The maximum Gasteiger partial charge on any atom is 0.515 e. The van der Waals surface area contributed by atoms with Crippen LogP contribution >= 0.6 is 0 Å². The molecule has 0 atom stereocenters. The van der Waals surface area contributed by atoms with Gasteiger partial charge in [0.2, 0.25) is 0 Å². The molecular weight excluding hydrogens is 252 g/mol. The van der Waals surface area contributed by atoms with Gasteiger partial charge in [-0.05, 0) is 24.1 Å². The van der Waals surface area contributed by atoms with Crippen molar-refractivity contribution in [3.05, 3.63) is 35.4 Å². The number of esters is 2. The number of hydrogen-bond donors (Lipinski definition) is 0. The van der Waals surface area contributed by atoms with Gasteiger partial charge >= 0.3 is 18.1 Å². The summed E-state index contributed by atoms with van der Waals surface area (Å²) in [5, 5.41) is 0. The van der Waals surface area contributed by atoms with E-state index in [0.717, 1.165) is 12.7 Å². The summed E-state index contributed by atoms with van der Waals surface area (Å²) in [5.74, 6) is -1.13. The van der Waals surface area contributed by atoms with Gasteiger partial charge in [0.25, 0.3) is 0 Å². The lowest BCUT2D eigenvalue weighted by molar-refractivity contribution is -0.139. The van der Waals surface area contributed by atoms with E-state index in [4.69, 9.17) is 0 Å². The summed E-state index contributed by atoms with van der Waals surface area (Å²) in [6.45, 7) is 0. The maximum absolute atomic E-state index is 11.3. The van der Waals surface area contributed by atoms with Crippen LogP contribution in [0, 0.1) is 0 Å². The van der Waals surface area contributed by atoms with Crippen LogP contribution in [-0.4, -0.2) is 32.3 Å². The first-order valence-electron chi connectivity index (χ1n) is 5.52. The van der Waals surface area contributed by atoms with Crippen molar-refractivity contribution in [2.45, 2.75) is 12.8 Å². The predicted molar refractivity (Wildman–Crippen MR) is 64.6 cm³/mol. The number of carbonyl (C=O) groups excluding carboxylic acids is 3. The van der Waals surface area contributed by atoms with E-state index in [-0.39, 0.29) is 6.42 Å². The van der Waals surface area contributed by atoms with Crippen molar-refractivity contribution >= 4 is 18.1 Å². The minimum Gasteiger partial charge on any atom is -0.465 e. The number of hydrogen-bond acceptors (Lipinski definition) is 6. The van der Waals surface area contributed by atoms with Gasteiger partial charge in [-0.3, -0.25) is 4.79 Å². The zero-order chi connectivity index (χ0) is 14.3. The minimum atomic E-state index is -1.03. The van der Waals surface area contributed by atoms with E-state index in [1.807, 2.05) is 0 Å². The van der Waals surface area contributed by atoms with E-state index in [1.165, 1.54) is 7.11 Å². The first-order valence-corrected chi connectivity index (χ1v) is 5.52. The van der Waals surface area contributed by atoms with Gasteiger partial charge in [-0.15, -0.1) is 0 Å². The zero-order valence-electron chi connectivity index (χ0n) is 10.7. The lowest BCUT2D eigenvalue weighted by Gasteiger charge is -2.04. The van der Waals surface area contributed by atoms with Crippen LogP contribution in [0.2, 0.25) is 0 Å². The molecule has 0 aliphatic rings. The van der Waals surface area contributed by atoms with E-state index in [2.05, 4.69) is 14.2 Å². The molecule has 0 fully saturated rings. The number of rotatable bonds is 4. The second-order valence-electron chi connectivity index (χ2n) is 3.62. The first-order chi connectivity index (χ1) is 9.06. The second kappa shape index (κ2) is 7.15. The molecule has 0 aliphatic carbocycles. The minimum absolute atomic E-state index is 0.0136. The molecule has 19 heavy (non-hydrogen) atoms. The molecular formula is C13H14O6. The van der Waals surface area contributed by atoms with Gasteiger partial charge in [0.05, 0.1) is 26.2 Å². The number of aryl methyl sites for hydroxylation is 1. The van der Waals surface area contributed by atoms with Crippen LogP contribution in [0.15, 0.2) is 24.3 Å². The Kier molecular flexibility index (Phi) is 5.53. The highest BCUT2D eigenvalue weighted by Crippen LogP contribution is 2.09. The summed E-state index contributed by atoms with van der Waals surface area (Å²) >= 11 is 0. The molecule has 0 N–H and O–H groups in total. The Morgan fingerprint density at radius 3 is 2.47 bits per heavy atom. The first kappa shape index (κ1) is 14.7. The smallest absolute Gasteiger partial charge is 0.465 e. The molecule has 0 unspecified atom stereocenters. The summed E-state index contributed by atoms with van der Waals surface area (Å²) in [6.07, 6.45) is -0.672. The Morgan fingerprint density at radius 2 is 1.84 bits per heavy atom. The molecule has 0 aromatic heterocycles. The van der Waals surface area contributed by atoms with Gasteiger partial charge in [-0.1, -0.05) is 12.1 Å². The molecule has 0 saturated heterocycles. The van der Waals surface area contributed by atoms with E-state index >= 15 is 0 Å². The molecule has 6 nitrogen and oxygen atoms in total. The quantitative estimate of drug-likeness (QED) is 0.609. The normalized spacial score (nSPS) is 9.58. The lowest BCUT2D eigenvalue weighted by atomic mass is 10.1. The van der Waals surface area contributed by atoms with Crippen molar-refractivity contribution in [3.63, 3.8) is 0 Å². The van der Waals surface area contributed by atoms with Crippen LogP contribution in [0.5, 0.6) is 0 Å². The number of benzene rings is 1. The van der Waals surface area contributed by atoms with Gasteiger partial charge in [0.15, 0.2) is 0 Å². The number of carbonyl (C=O) groups is 3. The fraction of sp³-hybridized carbons (Fsp3) is 0.308. The zero-order valence-corrected chi connectivity index (χ0v) is 10.7. The van der Waals surface area contributed by atoms with Gasteiger partial charge in [-0.2, -0.15) is 0 Å². The highest BCUT2D eigenvalue weighted by atomic mass is 16.7. The van der Waals surface area contributed by atoms with Crippen molar-refractivity contribution in [2.24, 2.45) is 0 Å². The molecule has 0 heterocycles. The monoisotopic (exact) mass is 266 g/mol. The molecule has 0 bridgehead atoms. The largest absolute Gasteiger partial charge is 0.515 e. The standard InChI is InChI=1S/C13H14O6/c1-17-12(15)10-5-3-4-9(8-10)6-7-11(14)19-13(16)18-2/h3-5,8H,6-7H2,1-2H3. The Labute approximate surface area is 110 Å². The fourth-order valence-corrected chi connectivity index (χ4v) is 1.40. The topological polar surface area (TPSA) is 78.9 Å². The third-order valence-corrected chi connectivity index (χ3v) is 2.33. The lowest BCUT2D eigenvalue weighted by Crippen LogP contribution is -2.12. The highest BCUT2D eigenvalue weighted by Gasteiger charge is 2.11. The van der Waals surface area contributed by atoms with E-state index in [9.17, 15) is 14.4 Å². The van der Waals surface area contributed by atoms with E-state index < -0.39 is 18.1 Å². The van der Waals surface area contributed by atoms with Gasteiger partial charge in [0, 0.05) is 0 Å². The van der Waals surface area contributed by atoms with Crippen molar-refractivity contribution in [1.82, 2.24) is 0 Å². The molecule has 0 amide bonds. The van der Waals surface area contributed by atoms with Crippen LogP contribution in [-0.2, 0) is 25.4 Å². The number of ether oxygens (including phenoxy) is 3. The molecule has 0 aliphatic heterocycles. The predicted octanol–water partition coefficient (Wildman–Crippen LogP) is 1.72. The van der Waals surface area contributed by atoms with Crippen molar-refractivity contribution < 1.29 is 28.6 Å². The molecule has 0 saturated carbocycles. The van der Waals surface area contributed by atoms with Crippen molar-refractivity contribution in [1.29, 1.82) is 0 Å². The molecule has 6 heteroatoms. The molecule has 1 aromatic carbocycles. The SMILES string of the molecule is COC(=O)OC(=O)CCc1cccc(C(=O)OC)c1. The average molecular weight is 266 g/mol. The van der Waals surface area contributed by atoms with Crippen molar-refractivity contribution in [3.8, 4) is 0 Å². The van der Waals surface area contributed by atoms with E-state index in [0.29, 0.717) is 12.0 Å². The number of methoxy groups -OCH3 is 2. The summed E-state index contributed by atoms with van der Waals surface area (Å²) in [7, 11) is 2.41. The average Bonchev–Trinajstić information content (AvgIpc) is 2.44. The maximum atomic E-state index is 11.3. The van der Waals surface area contributed by atoms with Gasteiger partial charge in [0.1, 0.15) is 0 Å². The molecule has 102 valence electrons. The summed E-state index contributed by atoms with van der Waals surface area (Å²) in [6, 6.07) is 6.68. The van der Waals surface area contributed by atoms with Gasteiger partial charge in [-0.25, -0.2) is 9.59 Å². The Morgan fingerprint density at radius 1 is 1.11 bits per heavy atom. The van der Waals surface area contributed by atoms with Crippen LogP contribution in [0.3, 0.4) is 0 Å². The fourth-order valence-electron chi connectivity index (χ4n) is 1.40. The molecule has 0 radical (unpaired) electrons. The van der Waals surface area contributed by atoms with Gasteiger partial charge < -0.3 is 14.2 Å². The van der Waals surface area contributed by atoms with E-state index in [1.54, 1.807) is 24.3 Å². The Hall–Kier alpha value is -2.37. The third-order valence-electron chi connectivity index (χ3n) is 2.33. The highest BCUT2D eigenvalue weighted by molar-refractivity contribution is 5.89. The summed E-state index contributed by atoms with van der Waals surface area (Å²) in [4.78, 5) is 33.2. The van der Waals surface area contributed by atoms with Crippen molar-refractivity contribution in [2.75, 3.05) is 14.2 Å². The van der Waals surface area contributed by atoms with Crippen LogP contribution in [0.25, 0.3) is 0 Å². The summed E-state index contributed by atoms with van der Waals surface area (Å²) in [5.41, 5.74) is 1.17. The second-order valence-corrected chi connectivity index (χ2v) is 3.62. The Balaban J connectivity index is 2.56. The summed E-state index contributed by atoms with van der Waals surface area (Å²) < 4.78 is 13.1. The third kappa shape index (κ3) is 4.79. The van der Waals surface area contributed by atoms with Crippen LogP contribution in [0.1, 0.15) is 22.3 Å². The van der Waals surface area contributed by atoms with Crippen LogP contribution in [0.4, 0.5) is 4.79 Å². The molecule has 0 spiro atoms. The Bertz CT molecular complexity index is 480. The van der Waals surface area contributed by atoms with Crippen LogP contribution < -0.4 is 0 Å². The molecule has 1 rings (SSSR count).